The van der Waals surface area contributed by atoms with E-state index in [1.807, 2.05) is 0 Å². The highest BCUT2D eigenvalue weighted by molar-refractivity contribution is 5.95. The highest BCUT2D eigenvalue weighted by Gasteiger charge is 2.43. The van der Waals surface area contributed by atoms with Gasteiger partial charge >= 0.3 is 0 Å². The molecule has 2 aliphatic rings. The monoisotopic (exact) mass is 237 g/mol. The molecule has 2 unspecified atom stereocenters. The molecular weight excluding hydrogens is 222 g/mol. The predicted octanol–water partition coefficient (Wildman–Crippen LogP) is 0.573. The number of hydrogen-bond donors (Lipinski definition) is 1. The van der Waals surface area contributed by atoms with Crippen molar-refractivity contribution in [2.75, 3.05) is 19.8 Å². The minimum Gasteiger partial charge on any atom is -0.378 e. The molecule has 1 N–H and O–H groups in total. The van der Waals surface area contributed by atoms with Crippen molar-refractivity contribution in [2.24, 2.45) is 5.92 Å². The van der Waals surface area contributed by atoms with Crippen molar-refractivity contribution in [3.8, 4) is 0 Å². The standard InChI is InChI=1S/C11H15N3O3/c15-10(9-6-12-14-13-9)8-1-3-17-11(5-8)2-4-16-7-11/h6,8H,1-5,7H2,(H,12,13,14). The maximum Gasteiger partial charge on any atom is 0.187 e. The quantitative estimate of drug-likeness (QED) is 0.761. The number of aromatic amines is 1. The molecule has 0 aliphatic carbocycles. The van der Waals surface area contributed by atoms with Crippen molar-refractivity contribution in [2.45, 2.75) is 24.9 Å². The molecule has 1 aromatic rings. The molecule has 2 atom stereocenters. The van der Waals surface area contributed by atoms with Crippen molar-refractivity contribution in [3.63, 3.8) is 0 Å². The molecule has 6 nitrogen and oxygen atoms in total. The van der Waals surface area contributed by atoms with Gasteiger partial charge < -0.3 is 9.47 Å². The second-order valence-electron chi connectivity index (χ2n) is 4.74. The number of H-pyrrole nitrogens is 1. The van der Waals surface area contributed by atoms with Crippen molar-refractivity contribution < 1.29 is 14.3 Å². The largest absolute Gasteiger partial charge is 0.378 e. The molecule has 2 aliphatic heterocycles. The molecule has 6 heteroatoms. The van der Waals surface area contributed by atoms with Gasteiger partial charge in [-0.2, -0.15) is 15.4 Å². The van der Waals surface area contributed by atoms with Gasteiger partial charge in [0.25, 0.3) is 0 Å². The number of ether oxygens (including phenoxy) is 2. The second-order valence-corrected chi connectivity index (χ2v) is 4.74. The fraction of sp³-hybridized carbons (Fsp3) is 0.727. The Morgan fingerprint density at radius 3 is 3.18 bits per heavy atom. The Bertz CT molecular complexity index is 398. The van der Waals surface area contributed by atoms with Gasteiger partial charge in [0.15, 0.2) is 5.78 Å². The Hall–Kier alpha value is -1.27. The Morgan fingerprint density at radius 2 is 2.47 bits per heavy atom. The van der Waals surface area contributed by atoms with Gasteiger partial charge in [-0.1, -0.05) is 0 Å². The van der Waals surface area contributed by atoms with E-state index < -0.39 is 0 Å². The summed E-state index contributed by atoms with van der Waals surface area (Å²) in [5.41, 5.74) is 0.188. The van der Waals surface area contributed by atoms with Gasteiger partial charge in [-0.25, -0.2) is 0 Å². The average Bonchev–Trinajstić information content (AvgIpc) is 3.00. The van der Waals surface area contributed by atoms with Crippen LogP contribution in [0.2, 0.25) is 0 Å². The smallest absolute Gasteiger partial charge is 0.187 e. The molecule has 0 saturated carbocycles. The zero-order chi connectivity index (χ0) is 11.7. The molecule has 0 aromatic carbocycles. The first-order chi connectivity index (χ1) is 8.29. The van der Waals surface area contributed by atoms with E-state index in [9.17, 15) is 4.79 Å². The lowest BCUT2D eigenvalue weighted by atomic mass is 9.82. The van der Waals surface area contributed by atoms with Gasteiger partial charge in [0.2, 0.25) is 0 Å². The lowest BCUT2D eigenvalue weighted by Crippen LogP contribution is -2.42. The van der Waals surface area contributed by atoms with Crippen LogP contribution in [0, 0.1) is 5.92 Å². The zero-order valence-electron chi connectivity index (χ0n) is 9.52. The first-order valence-corrected chi connectivity index (χ1v) is 5.91. The Kier molecular flexibility index (Phi) is 2.68. The highest BCUT2D eigenvalue weighted by atomic mass is 16.6. The van der Waals surface area contributed by atoms with Crippen LogP contribution in [-0.2, 0) is 9.47 Å². The van der Waals surface area contributed by atoms with E-state index in [-0.39, 0.29) is 17.3 Å². The molecule has 1 aromatic heterocycles. The van der Waals surface area contributed by atoms with E-state index in [4.69, 9.17) is 9.47 Å². The third kappa shape index (κ3) is 1.98. The molecule has 3 heterocycles. The van der Waals surface area contributed by atoms with Crippen LogP contribution in [0.5, 0.6) is 0 Å². The highest BCUT2D eigenvalue weighted by Crippen LogP contribution is 2.36. The Labute approximate surface area is 98.7 Å². The Balaban J connectivity index is 1.73. The molecule has 1 spiro atoms. The number of nitrogens with one attached hydrogen (secondary N) is 1. The summed E-state index contributed by atoms with van der Waals surface area (Å²) in [5.74, 6) is 0.0453. The summed E-state index contributed by atoms with van der Waals surface area (Å²) in [4.78, 5) is 12.2. The normalized spacial score (nSPS) is 33.1. The maximum atomic E-state index is 12.2. The van der Waals surface area contributed by atoms with Gasteiger partial charge in [-0.05, 0) is 12.8 Å². The van der Waals surface area contributed by atoms with Gasteiger partial charge in [0, 0.05) is 25.6 Å². The van der Waals surface area contributed by atoms with Gasteiger partial charge in [0.05, 0.1) is 18.4 Å². The van der Waals surface area contributed by atoms with E-state index in [2.05, 4.69) is 15.4 Å². The number of rotatable bonds is 2. The first-order valence-electron chi connectivity index (χ1n) is 5.91. The van der Waals surface area contributed by atoms with Crippen LogP contribution in [0.4, 0.5) is 0 Å². The van der Waals surface area contributed by atoms with Crippen LogP contribution in [0.3, 0.4) is 0 Å². The lowest BCUT2D eigenvalue weighted by Gasteiger charge is -2.36. The minimum absolute atomic E-state index is 0.0180. The third-order valence-electron chi connectivity index (χ3n) is 3.60. The summed E-state index contributed by atoms with van der Waals surface area (Å²) in [5, 5.41) is 10.00. The summed E-state index contributed by atoms with van der Waals surface area (Å²) in [7, 11) is 0. The third-order valence-corrected chi connectivity index (χ3v) is 3.60. The molecule has 0 amide bonds. The molecule has 0 bridgehead atoms. The summed E-state index contributed by atoms with van der Waals surface area (Å²) >= 11 is 0. The molecule has 2 fully saturated rings. The van der Waals surface area contributed by atoms with Crippen LogP contribution in [0.1, 0.15) is 29.8 Å². The molecule has 17 heavy (non-hydrogen) atoms. The van der Waals surface area contributed by atoms with Crippen LogP contribution in [0.15, 0.2) is 6.20 Å². The zero-order valence-corrected chi connectivity index (χ0v) is 9.52. The number of nitrogens with zero attached hydrogens (tertiary/aromatic N) is 2. The minimum atomic E-state index is -0.234. The summed E-state index contributed by atoms with van der Waals surface area (Å²) in [6.07, 6.45) is 3.86. The van der Waals surface area contributed by atoms with E-state index in [1.165, 1.54) is 6.20 Å². The number of Topliss-reactive ketones (excluding diaryl/α,β-unsaturated/α-hetero) is 1. The van der Waals surface area contributed by atoms with E-state index in [0.717, 1.165) is 25.9 Å². The number of aromatic nitrogens is 3. The maximum absolute atomic E-state index is 12.2. The molecular formula is C11H15N3O3. The van der Waals surface area contributed by atoms with Crippen LogP contribution < -0.4 is 0 Å². The van der Waals surface area contributed by atoms with Gasteiger partial charge in [-0.15, -0.1) is 0 Å². The molecule has 0 radical (unpaired) electrons. The number of hydrogen-bond acceptors (Lipinski definition) is 5. The van der Waals surface area contributed by atoms with Crippen molar-refractivity contribution in [1.29, 1.82) is 0 Å². The van der Waals surface area contributed by atoms with Crippen molar-refractivity contribution >= 4 is 5.78 Å². The SMILES string of the molecule is O=C(c1cn[nH]n1)C1CCOC2(CCOC2)C1. The second kappa shape index (κ2) is 4.19. The summed E-state index contributed by atoms with van der Waals surface area (Å²) < 4.78 is 11.2. The van der Waals surface area contributed by atoms with Crippen LogP contribution in [-0.4, -0.2) is 46.6 Å². The summed E-state index contributed by atoms with van der Waals surface area (Å²) in [6, 6.07) is 0. The van der Waals surface area contributed by atoms with Crippen molar-refractivity contribution in [1.82, 2.24) is 15.4 Å². The van der Waals surface area contributed by atoms with Crippen LogP contribution in [0.25, 0.3) is 0 Å². The fourth-order valence-electron chi connectivity index (χ4n) is 2.64. The van der Waals surface area contributed by atoms with Gasteiger partial charge in [-0.3, -0.25) is 4.79 Å². The fourth-order valence-corrected chi connectivity index (χ4v) is 2.64. The Morgan fingerprint density at radius 1 is 1.53 bits per heavy atom. The van der Waals surface area contributed by atoms with Crippen LogP contribution >= 0.6 is 0 Å². The molecule has 3 rings (SSSR count). The van der Waals surface area contributed by atoms with Gasteiger partial charge in [0.1, 0.15) is 5.69 Å². The van der Waals surface area contributed by atoms with E-state index in [1.54, 1.807) is 0 Å². The average molecular weight is 237 g/mol. The molecule has 92 valence electrons. The van der Waals surface area contributed by atoms with E-state index >= 15 is 0 Å². The molecule has 2 saturated heterocycles. The summed E-state index contributed by atoms with van der Waals surface area (Å²) in [6.45, 7) is 1.96. The number of ketones is 1. The number of carbonyl (C=O) groups is 1. The topological polar surface area (TPSA) is 77.1 Å². The van der Waals surface area contributed by atoms with E-state index in [0.29, 0.717) is 18.9 Å². The number of carbonyl (C=O) groups excluding carboxylic acids is 1. The first kappa shape index (κ1) is 10.9. The van der Waals surface area contributed by atoms with Crippen molar-refractivity contribution in [3.05, 3.63) is 11.9 Å². The lowest BCUT2D eigenvalue weighted by molar-refractivity contribution is -0.0921. The predicted molar refractivity (Wildman–Crippen MR) is 57.6 cm³/mol.